The molecule has 14 heteroatoms. The molecule has 10 nitrogen and oxygen atoms in total. The minimum Gasteiger partial charge on any atom is -0.273 e. The number of nitrogens with one attached hydrogen (secondary N) is 4. The number of hydrogen-bond donors (Lipinski definition) is 4. The van der Waals surface area contributed by atoms with Gasteiger partial charge in [-0.05, 0) is 48.5 Å². The van der Waals surface area contributed by atoms with Gasteiger partial charge >= 0.3 is 0 Å². The molecule has 0 aromatic heterocycles. The van der Waals surface area contributed by atoms with Crippen molar-refractivity contribution < 1.29 is 26.4 Å². The van der Waals surface area contributed by atoms with E-state index in [-0.39, 0.29) is 35.7 Å². The number of carbonyl (C=O) groups excluding carboxylic acids is 2. The Morgan fingerprint density at radius 3 is 1.25 bits per heavy atom. The highest BCUT2D eigenvalue weighted by Gasteiger charge is 2.15. The normalized spacial score (nSPS) is 11.7. The van der Waals surface area contributed by atoms with Crippen LogP contribution in [-0.2, 0) is 29.6 Å². The molecule has 2 amide bonds. The molecule has 32 heavy (non-hydrogen) atoms. The Morgan fingerprint density at radius 2 is 0.938 bits per heavy atom. The Kier molecular flexibility index (Phi) is 9.43. The molecule has 0 spiro atoms. The van der Waals surface area contributed by atoms with Crippen molar-refractivity contribution in [3.63, 3.8) is 0 Å². The number of halogens is 2. The lowest BCUT2D eigenvalue weighted by Gasteiger charge is -2.10. The van der Waals surface area contributed by atoms with Gasteiger partial charge in [-0.1, -0.05) is 23.2 Å². The van der Waals surface area contributed by atoms with E-state index >= 15 is 0 Å². The summed E-state index contributed by atoms with van der Waals surface area (Å²) in [5, 5.41) is 0.772. The van der Waals surface area contributed by atoms with Crippen molar-refractivity contribution in [1.29, 1.82) is 0 Å². The molecular weight excluding hydrogens is 503 g/mol. The van der Waals surface area contributed by atoms with Gasteiger partial charge < -0.3 is 0 Å². The van der Waals surface area contributed by atoms with E-state index in [0.29, 0.717) is 10.0 Å². The Labute approximate surface area is 195 Å². The molecule has 0 aliphatic heterocycles. The van der Waals surface area contributed by atoms with Crippen molar-refractivity contribution >= 4 is 55.1 Å². The monoisotopic (exact) mass is 522 g/mol. The van der Waals surface area contributed by atoms with Crippen LogP contribution in [0.4, 0.5) is 0 Å². The summed E-state index contributed by atoms with van der Waals surface area (Å²) in [4.78, 5) is 23.5. The van der Waals surface area contributed by atoms with Gasteiger partial charge in [-0.2, -0.15) is 0 Å². The second-order valence-electron chi connectivity index (χ2n) is 6.30. The number of benzene rings is 2. The maximum Gasteiger partial charge on any atom is 0.240 e. The number of sulfonamides is 2. The van der Waals surface area contributed by atoms with Crippen molar-refractivity contribution in [2.75, 3.05) is 13.1 Å². The van der Waals surface area contributed by atoms with Crippen LogP contribution < -0.4 is 20.3 Å². The summed E-state index contributed by atoms with van der Waals surface area (Å²) >= 11 is 11.4. The van der Waals surface area contributed by atoms with Crippen LogP contribution >= 0.6 is 23.2 Å². The molecule has 2 rings (SSSR count). The molecule has 0 saturated heterocycles. The maximum atomic E-state index is 12.1. The van der Waals surface area contributed by atoms with Gasteiger partial charge in [-0.25, -0.2) is 26.3 Å². The van der Waals surface area contributed by atoms with Crippen molar-refractivity contribution in [1.82, 2.24) is 20.3 Å². The van der Waals surface area contributed by atoms with E-state index in [4.69, 9.17) is 23.2 Å². The van der Waals surface area contributed by atoms with Crippen LogP contribution in [0.3, 0.4) is 0 Å². The fourth-order valence-corrected chi connectivity index (χ4v) is 4.57. The molecule has 0 aliphatic rings. The third kappa shape index (κ3) is 8.37. The van der Waals surface area contributed by atoms with E-state index < -0.39 is 31.9 Å². The summed E-state index contributed by atoms with van der Waals surface area (Å²) in [5.74, 6) is -1.28. The van der Waals surface area contributed by atoms with E-state index in [0.717, 1.165) is 0 Å². The smallest absolute Gasteiger partial charge is 0.240 e. The SMILES string of the molecule is O=C(CCNS(=O)(=O)c1ccc(Cl)cc1)NNC(=O)CCNS(=O)(=O)c1ccc(Cl)cc1. The first-order valence-corrected chi connectivity index (χ1v) is 12.8. The zero-order chi connectivity index (χ0) is 23.8. The minimum atomic E-state index is -3.80. The van der Waals surface area contributed by atoms with Crippen LogP contribution in [-0.4, -0.2) is 41.7 Å². The molecule has 0 atom stereocenters. The molecule has 2 aromatic rings. The van der Waals surface area contributed by atoms with Crippen LogP contribution in [0.2, 0.25) is 10.0 Å². The standard InChI is InChI=1S/C18H20Cl2N4O6S2/c19-13-1-5-15(6-2-13)31(27,28)21-11-9-17(25)23-24-18(26)10-12-22-32(29,30)16-7-3-14(20)4-8-16/h1-8,21-22H,9-12H2,(H,23,25)(H,24,26). The van der Waals surface area contributed by atoms with Gasteiger partial charge in [0, 0.05) is 36.0 Å². The molecule has 174 valence electrons. The number of rotatable bonds is 10. The highest BCUT2D eigenvalue weighted by Crippen LogP contribution is 2.14. The zero-order valence-electron chi connectivity index (χ0n) is 16.5. The second kappa shape index (κ2) is 11.6. The average molecular weight is 523 g/mol. The zero-order valence-corrected chi connectivity index (χ0v) is 19.6. The van der Waals surface area contributed by atoms with Gasteiger partial charge in [0.25, 0.3) is 0 Å². The first-order chi connectivity index (χ1) is 15.0. The van der Waals surface area contributed by atoms with Crippen LogP contribution in [0.25, 0.3) is 0 Å². The molecule has 0 bridgehead atoms. The minimum absolute atomic E-state index is 0.00309. The van der Waals surface area contributed by atoms with Gasteiger partial charge in [0.2, 0.25) is 31.9 Å². The third-order valence-electron chi connectivity index (χ3n) is 3.88. The highest BCUT2D eigenvalue weighted by molar-refractivity contribution is 7.89. The average Bonchev–Trinajstić information content (AvgIpc) is 2.72. The summed E-state index contributed by atoms with van der Waals surface area (Å²) in [6.07, 6.45) is -0.480. The van der Waals surface area contributed by atoms with Crippen LogP contribution in [0.5, 0.6) is 0 Å². The van der Waals surface area contributed by atoms with Crippen LogP contribution in [0, 0.1) is 0 Å². The Balaban J connectivity index is 1.67. The lowest BCUT2D eigenvalue weighted by atomic mass is 10.4. The van der Waals surface area contributed by atoms with Gasteiger partial charge in [0.15, 0.2) is 0 Å². The lowest BCUT2D eigenvalue weighted by Crippen LogP contribution is -2.43. The van der Waals surface area contributed by atoms with Crippen molar-refractivity contribution in [2.24, 2.45) is 0 Å². The van der Waals surface area contributed by atoms with Crippen molar-refractivity contribution in [3.8, 4) is 0 Å². The maximum absolute atomic E-state index is 12.1. The Hall–Kier alpha value is -2.22. The van der Waals surface area contributed by atoms with E-state index in [9.17, 15) is 26.4 Å². The van der Waals surface area contributed by atoms with Gasteiger partial charge in [-0.3, -0.25) is 20.4 Å². The first kappa shape index (κ1) is 26.0. The second-order valence-corrected chi connectivity index (χ2v) is 10.7. The molecular formula is C18H20Cl2N4O6S2. The number of amides is 2. The summed E-state index contributed by atoms with van der Waals surface area (Å²) in [7, 11) is -7.61. The summed E-state index contributed by atoms with van der Waals surface area (Å²) in [6.45, 7) is -0.402. The largest absolute Gasteiger partial charge is 0.273 e. The molecule has 0 radical (unpaired) electrons. The molecule has 0 aliphatic carbocycles. The predicted octanol–water partition coefficient (Wildman–Crippen LogP) is 1.18. The molecule has 2 aromatic carbocycles. The molecule has 0 unspecified atom stereocenters. The number of hydrazine groups is 1. The van der Waals surface area contributed by atoms with Crippen molar-refractivity contribution in [3.05, 3.63) is 58.6 Å². The van der Waals surface area contributed by atoms with Gasteiger partial charge in [-0.15, -0.1) is 0 Å². The summed E-state index contributed by atoms with van der Waals surface area (Å²) in [6, 6.07) is 11.0. The van der Waals surface area contributed by atoms with E-state index in [1.54, 1.807) is 0 Å². The lowest BCUT2D eigenvalue weighted by molar-refractivity contribution is -0.128. The third-order valence-corrected chi connectivity index (χ3v) is 7.34. The number of hydrogen-bond acceptors (Lipinski definition) is 6. The van der Waals surface area contributed by atoms with Gasteiger partial charge in [0.05, 0.1) is 9.79 Å². The summed E-state index contributed by atoms with van der Waals surface area (Å²) in [5.41, 5.74) is 4.24. The quantitative estimate of drug-likeness (QED) is 0.344. The predicted molar refractivity (Wildman–Crippen MR) is 119 cm³/mol. The summed E-state index contributed by atoms with van der Waals surface area (Å²) < 4.78 is 52.9. The highest BCUT2D eigenvalue weighted by atomic mass is 35.5. The first-order valence-electron chi connectivity index (χ1n) is 9.08. The van der Waals surface area contributed by atoms with E-state index in [1.807, 2.05) is 0 Å². The Bertz CT molecular complexity index is 1060. The van der Waals surface area contributed by atoms with E-state index in [2.05, 4.69) is 20.3 Å². The molecule has 0 fully saturated rings. The number of carbonyl (C=O) groups is 2. The van der Waals surface area contributed by atoms with Crippen LogP contribution in [0.1, 0.15) is 12.8 Å². The Morgan fingerprint density at radius 1 is 0.625 bits per heavy atom. The fraction of sp³-hybridized carbons (Fsp3) is 0.222. The molecule has 0 heterocycles. The fourth-order valence-electron chi connectivity index (χ4n) is 2.26. The molecule has 4 N–H and O–H groups in total. The molecule has 0 saturated carbocycles. The van der Waals surface area contributed by atoms with Crippen LogP contribution in [0.15, 0.2) is 58.3 Å². The van der Waals surface area contributed by atoms with Crippen molar-refractivity contribution in [2.45, 2.75) is 22.6 Å². The van der Waals surface area contributed by atoms with Gasteiger partial charge in [0.1, 0.15) is 0 Å². The topological polar surface area (TPSA) is 151 Å². The van der Waals surface area contributed by atoms with E-state index in [1.165, 1.54) is 48.5 Å².